The summed E-state index contributed by atoms with van der Waals surface area (Å²) in [5.74, 6) is -2.91. The second-order valence-electron chi connectivity index (χ2n) is 17.6. The minimum absolute atomic E-state index is 0.0441. The van der Waals surface area contributed by atoms with Crippen molar-refractivity contribution in [2.75, 3.05) is 9.80 Å². The zero-order chi connectivity index (χ0) is 49.6. The Morgan fingerprint density at radius 3 is 0.884 bits per heavy atom. The maximum Gasteiger partial charge on any atom is 0.374 e. The van der Waals surface area contributed by atoms with E-state index in [1.165, 1.54) is 6.92 Å². The second kappa shape index (κ2) is 20.7. The number of carbonyl (C=O) groups is 5. The molecule has 6 aromatic rings. The summed E-state index contributed by atoms with van der Waals surface area (Å²) in [6, 6.07) is 44.1. The van der Waals surface area contributed by atoms with E-state index in [0.717, 1.165) is 78.6 Å². The van der Waals surface area contributed by atoms with Gasteiger partial charge in [-0.25, -0.2) is 19.2 Å². The van der Waals surface area contributed by atoms with Crippen LogP contribution in [0.3, 0.4) is 0 Å². The molecule has 0 aromatic heterocycles. The van der Waals surface area contributed by atoms with Crippen molar-refractivity contribution in [2.24, 2.45) is 0 Å². The summed E-state index contributed by atoms with van der Waals surface area (Å²) in [7, 11) is 0. The molecule has 0 N–H and O–H groups in total. The number of benzene rings is 6. The number of carbonyl (C=O) groups excluding carboxylic acids is 5. The van der Waals surface area contributed by atoms with Crippen LogP contribution < -0.4 is 9.80 Å². The quantitative estimate of drug-likeness (QED) is 0.0353. The monoisotopic (exact) mass is 922 g/mol. The van der Waals surface area contributed by atoms with Gasteiger partial charge >= 0.3 is 23.9 Å². The molecule has 0 radical (unpaired) electrons. The van der Waals surface area contributed by atoms with Crippen molar-refractivity contribution in [1.29, 1.82) is 0 Å². The van der Waals surface area contributed by atoms with Crippen LogP contribution in [0.1, 0.15) is 74.9 Å². The van der Waals surface area contributed by atoms with Crippen molar-refractivity contribution in [3.63, 3.8) is 0 Å². The first-order valence-corrected chi connectivity index (χ1v) is 22.3. The van der Waals surface area contributed by atoms with Gasteiger partial charge in [0.2, 0.25) is 5.78 Å². The average molecular weight is 923 g/mol. The lowest BCUT2D eigenvalue weighted by atomic mass is 9.82. The summed E-state index contributed by atoms with van der Waals surface area (Å²) in [4.78, 5) is 64.1. The molecule has 0 aliphatic heterocycles. The molecule has 69 heavy (non-hydrogen) atoms. The third-order valence-corrected chi connectivity index (χ3v) is 11.8. The number of rotatable bonds is 18. The number of ketones is 1. The lowest BCUT2D eigenvalue weighted by molar-refractivity contribution is -0.153. The topological polar surface area (TPSA) is 129 Å². The maximum atomic E-state index is 12.1. The Morgan fingerprint density at radius 2 is 0.638 bits per heavy atom. The molecule has 6 aromatic carbocycles. The van der Waals surface area contributed by atoms with E-state index in [9.17, 15) is 24.0 Å². The van der Waals surface area contributed by atoms with Crippen LogP contribution in [0.25, 0.3) is 11.1 Å². The highest BCUT2D eigenvalue weighted by atomic mass is 16.5. The molecule has 0 saturated heterocycles. The fraction of sp³-hybridized carbons (Fsp3) is 0.190. The summed E-state index contributed by atoms with van der Waals surface area (Å²) in [5.41, 5.74) is 13.5. The molecule has 7 rings (SSSR count). The standard InChI is InChI=1S/C58H54N2O9/c1-36(2)54(62)66-32-40-10-18-44(19-11-40)59(45-20-12-41(13-21-45)33-67-55(63)37(3)4)48-26-28-50-51-29-27-49(31-53(51)58(8,9)52(50)30-48)60(46-22-14-42(15-23-46)34-68-56(64)38(5)6)47-24-16-43(17-25-47)35-69-57(65)39(7)61/h10-31H,1,3,5,32-35H2,2,4,6-9H3. The van der Waals surface area contributed by atoms with E-state index in [4.69, 9.17) is 18.9 Å². The van der Waals surface area contributed by atoms with E-state index in [1.807, 2.05) is 97.1 Å². The van der Waals surface area contributed by atoms with Gasteiger partial charge in [0, 0.05) is 63.2 Å². The zero-order valence-corrected chi connectivity index (χ0v) is 39.7. The normalized spacial score (nSPS) is 11.9. The Hall–Kier alpha value is -8.31. The molecular formula is C58H54N2O9. The predicted molar refractivity (Wildman–Crippen MR) is 268 cm³/mol. The summed E-state index contributed by atoms with van der Waals surface area (Å²) < 4.78 is 21.4. The van der Waals surface area contributed by atoms with Gasteiger partial charge in [-0.2, -0.15) is 0 Å². The number of fused-ring (bicyclic) bond motifs is 3. The second-order valence-corrected chi connectivity index (χ2v) is 17.6. The highest BCUT2D eigenvalue weighted by Crippen LogP contribution is 2.52. The van der Waals surface area contributed by atoms with Gasteiger partial charge in [-0.05, 0) is 138 Å². The fourth-order valence-electron chi connectivity index (χ4n) is 7.92. The molecule has 1 aliphatic rings. The first kappa shape index (κ1) is 48.6. The number of anilines is 6. The Balaban J connectivity index is 1.24. The molecular weight excluding hydrogens is 869 g/mol. The third-order valence-electron chi connectivity index (χ3n) is 11.8. The molecule has 0 atom stereocenters. The predicted octanol–water partition coefficient (Wildman–Crippen LogP) is 12.4. The van der Waals surface area contributed by atoms with Crippen molar-refractivity contribution in [2.45, 2.75) is 73.4 Å². The van der Waals surface area contributed by atoms with E-state index in [1.54, 1.807) is 20.8 Å². The number of nitrogens with zero attached hydrogens (tertiary/aromatic N) is 2. The van der Waals surface area contributed by atoms with E-state index in [0.29, 0.717) is 16.7 Å². The Morgan fingerprint density at radius 1 is 0.391 bits per heavy atom. The molecule has 0 unspecified atom stereocenters. The fourth-order valence-corrected chi connectivity index (χ4v) is 7.92. The smallest absolute Gasteiger partial charge is 0.374 e. The molecule has 0 amide bonds. The molecule has 0 spiro atoms. The van der Waals surface area contributed by atoms with Crippen LogP contribution in [0, 0.1) is 0 Å². The molecule has 0 saturated carbocycles. The van der Waals surface area contributed by atoms with Crippen LogP contribution in [0.2, 0.25) is 0 Å². The van der Waals surface area contributed by atoms with Crippen LogP contribution in [0.4, 0.5) is 34.1 Å². The van der Waals surface area contributed by atoms with Gasteiger partial charge in [0.05, 0.1) is 0 Å². The molecule has 0 bridgehead atoms. The molecule has 0 heterocycles. The molecule has 11 heteroatoms. The molecule has 0 fully saturated rings. The summed E-state index contributed by atoms with van der Waals surface area (Å²) in [6.07, 6.45) is 0. The highest BCUT2D eigenvalue weighted by molar-refractivity contribution is 6.32. The van der Waals surface area contributed by atoms with E-state index < -0.39 is 35.1 Å². The maximum absolute atomic E-state index is 12.1. The zero-order valence-electron chi connectivity index (χ0n) is 39.7. The number of esters is 4. The Bertz CT molecular complexity index is 2640. The van der Waals surface area contributed by atoms with E-state index in [-0.39, 0.29) is 26.4 Å². The lowest BCUT2D eigenvalue weighted by Crippen LogP contribution is -2.18. The van der Waals surface area contributed by atoms with Crippen molar-refractivity contribution in [1.82, 2.24) is 0 Å². The van der Waals surface area contributed by atoms with Gasteiger partial charge < -0.3 is 28.7 Å². The summed E-state index contributed by atoms with van der Waals surface area (Å²) >= 11 is 0. The number of hydrogen-bond acceptors (Lipinski definition) is 11. The third kappa shape index (κ3) is 11.1. The van der Waals surface area contributed by atoms with Crippen molar-refractivity contribution < 1.29 is 42.9 Å². The highest BCUT2D eigenvalue weighted by Gasteiger charge is 2.37. The van der Waals surface area contributed by atoms with Gasteiger partial charge in [0.15, 0.2) is 0 Å². The van der Waals surface area contributed by atoms with Crippen molar-refractivity contribution >= 4 is 63.8 Å². The number of ether oxygens (including phenoxy) is 4. The van der Waals surface area contributed by atoms with Crippen LogP contribution in [-0.2, 0) is 74.8 Å². The van der Waals surface area contributed by atoms with E-state index >= 15 is 0 Å². The van der Waals surface area contributed by atoms with Crippen LogP contribution in [-0.4, -0.2) is 29.7 Å². The first-order chi connectivity index (χ1) is 32.9. The average Bonchev–Trinajstić information content (AvgIpc) is 3.56. The van der Waals surface area contributed by atoms with Crippen molar-refractivity contribution in [3.8, 4) is 11.1 Å². The van der Waals surface area contributed by atoms with E-state index in [2.05, 4.69) is 79.8 Å². The van der Waals surface area contributed by atoms with Gasteiger partial charge in [-0.15, -0.1) is 0 Å². The lowest BCUT2D eigenvalue weighted by Gasteiger charge is -2.29. The summed E-state index contributed by atoms with van der Waals surface area (Å²) in [6.45, 7) is 21.8. The van der Waals surface area contributed by atoms with Gasteiger partial charge in [0.25, 0.3) is 0 Å². The van der Waals surface area contributed by atoms with Gasteiger partial charge in [-0.1, -0.05) is 94.2 Å². The van der Waals surface area contributed by atoms with Gasteiger partial charge in [0.1, 0.15) is 26.4 Å². The SMILES string of the molecule is C=C(C)C(=O)OCc1ccc(N(c2ccc(COC(=O)C(=C)C)cc2)c2ccc3c(c2)C(C)(C)c2cc(N(c4ccc(COC(=O)C(=C)C)cc4)c4ccc(COC(=O)C(C)=O)cc4)ccc2-3)cc1. The Kier molecular flexibility index (Phi) is 14.6. The molecule has 350 valence electrons. The van der Waals surface area contributed by atoms with Gasteiger partial charge in [-0.3, -0.25) is 4.79 Å². The number of hydrogen-bond donors (Lipinski definition) is 0. The minimum Gasteiger partial charge on any atom is -0.457 e. The Labute approximate surface area is 402 Å². The molecule has 1 aliphatic carbocycles. The number of Topliss-reactive ketones (excluding diaryl/α,β-unsaturated/α-hetero) is 1. The molecule has 11 nitrogen and oxygen atoms in total. The minimum atomic E-state index is -0.889. The first-order valence-electron chi connectivity index (χ1n) is 22.3. The van der Waals surface area contributed by atoms with Crippen molar-refractivity contribution in [3.05, 3.63) is 203 Å². The largest absolute Gasteiger partial charge is 0.457 e. The van der Waals surface area contributed by atoms with Crippen LogP contribution in [0.15, 0.2) is 170 Å². The van der Waals surface area contributed by atoms with Crippen LogP contribution in [0.5, 0.6) is 0 Å². The summed E-state index contributed by atoms with van der Waals surface area (Å²) in [5, 5.41) is 0. The van der Waals surface area contributed by atoms with Crippen LogP contribution >= 0.6 is 0 Å².